The van der Waals surface area contributed by atoms with Gasteiger partial charge in [0.15, 0.2) is 0 Å². The van der Waals surface area contributed by atoms with Gasteiger partial charge in [-0.05, 0) is 31.0 Å². The molecular weight excluding hydrogens is 254 g/mol. The summed E-state index contributed by atoms with van der Waals surface area (Å²) < 4.78 is 22.7. The van der Waals surface area contributed by atoms with Crippen LogP contribution in [0.3, 0.4) is 0 Å². The van der Waals surface area contributed by atoms with Crippen LogP contribution >= 0.6 is 0 Å². The fourth-order valence-corrected chi connectivity index (χ4v) is 3.11. The first-order valence-corrected chi connectivity index (χ1v) is 7.26. The number of amides is 1. The van der Waals surface area contributed by atoms with Gasteiger partial charge in [-0.3, -0.25) is 4.79 Å². The van der Waals surface area contributed by atoms with Crippen LogP contribution in [-0.2, 0) is 14.8 Å². The zero-order valence-electron chi connectivity index (χ0n) is 9.59. The lowest BCUT2D eigenvalue weighted by molar-refractivity contribution is -0.117. The number of nitrogens with one attached hydrogen (secondary N) is 1. The highest BCUT2D eigenvalue weighted by molar-refractivity contribution is 7.89. The molecule has 0 aliphatic carbocycles. The molecule has 6 nitrogen and oxygen atoms in total. The maximum Gasteiger partial charge on any atom is 0.247 e. The Morgan fingerprint density at radius 2 is 2.17 bits per heavy atom. The molecular formula is C11H13N3O3S. The van der Waals surface area contributed by atoms with Crippen LogP contribution in [0.1, 0.15) is 12.8 Å². The Morgan fingerprint density at radius 3 is 2.89 bits per heavy atom. The minimum absolute atomic E-state index is 0.0247. The van der Waals surface area contributed by atoms with Crippen molar-refractivity contribution < 1.29 is 13.2 Å². The SMILES string of the molecule is NS(=O)(=O)c1ccc2c(c1)N1CCCC1C(=O)N2. The molecule has 0 aromatic heterocycles. The Hall–Kier alpha value is -1.60. The van der Waals surface area contributed by atoms with E-state index in [9.17, 15) is 13.2 Å². The van der Waals surface area contributed by atoms with Gasteiger partial charge in [0.05, 0.1) is 16.3 Å². The average molecular weight is 267 g/mol. The summed E-state index contributed by atoms with van der Waals surface area (Å²) in [5.74, 6) is -0.0247. The molecule has 3 N–H and O–H groups in total. The van der Waals surface area contributed by atoms with Gasteiger partial charge >= 0.3 is 0 Å². The Bertz CT molecular complexity index is 626. The molecule has 2 aliphatic rings. The lowest BCUT2D eigenvalue weighted by atomic mass is 10.1. The summed E-state index contributed by atoms with van der Waals surface area (Å²) in [5, 5.41) is 7.91. The molecule has 2 aliphatic heterocycles. The number of fused-ring (bicyclic) bond motifs is 3. The average Bonchev–Trinajstić information content (AvgIpc) is 2.77. The van der Waals surface area contributed by atoms with E-state index in [1.165, 1.54) is 12.1 Å². The second-order valence-corrected chi connectivity index (χ2v) is 6.13. The number of benzene rings is 1. The van der Waals surface area contributed by atoms with Gasteiger partial charge in [0, 0.05) is 6.54 Å². The quantitative estimate of drug-likeness (QED) is 0.763. The summed E-state index contributed by atoms with van der Waals surface area (Å²) in [7, 11) is -3.72. The minimum atomic E-state index is -3.72. The van der Waals surface area contributed by atoms with Gasteiger partial charge in [0.2, 0.25) is 15.9 Å². The molecule has 0 spiro atoms. The molecule has 3 rings (SSSR count). The van der Waals surface area contributed by atoms with E-state index in [1.807, 2.05) is 4.90 Å². The highest BCUT2D eigenvalue weighted by atomic mass is 32.2. The number of anilines is 2. The van der Waals surface area contributed by atoms with E-state index in [4.69, 9.17) is 5.14 Å². The van der Waals surface area contributed by atoms with E-state index in [1.54, 1.807) is 6.07 Å². The Balaban J connectivity index is 2.13. The number of hydrogen-bond acceptors (Lipinski definition) is 4. The third kappa shape index (κ3) is 1.67. The number of sulfonamides is 1. The van der Waals surface area contributed by atoms with Crippen molar-refractivity contribution in [3.05, 3.63) is 18.2 Å². The predicted octanol–water partition coefficient (Wildman–Crippen LogP) is 0.255. The summed E-state index contributed by atoms with van der Waals surface area (Å²) in [6, 6.07) is 4.34. The second-order valence-electron chi connectivity index (χ2n) is 4.56. The van der Waals surface area contributed by atoms with Gasteiger partial charge in [0.25, 0.3) is 0 Å². The number of nitrogens with zero attached hydrogens (tertiary/aromatic N) is 1. The fraction of sp³-hybridized carbons (Fsp3) is 0.364. The van der Waals surface area contributed by atoms with Gasteiger partial charge < -0.3 is 10.2 Å². The molecule has 1 amide bonds. The third-order valence-corrected chi connectivity index (χ3v) is 4.33. The molecule has 1 unspecified atom stereocenters. The first-order valence-electron chi connectivity index (χ1n) is 5.71. The van der Waals surface area contributed by atoms with E-state index in [0.717, 1.165) is 25.1 Å². The van der Waals surface area contributed by atoms with E-state index in [2.05, 4.69) is 5.32 Å². The molecule has 2 heterocycles. The molecule has 0 bridgehead atoms. The van der Waals surface area contributed by atoms with Crippen LogP contribution in [0.4, 0.5) is 11.4 Å². The zero-order valence-corrected chi connectivity index (χ0v) is 10.4. The van der Waals surface area contributed by atoms with Crippen LogP contribution in [0.15, 0.2) is 23.1 Å². The number of primary sulfonamides is 1. The molecule has 7 heteroatoms. The van der Waals surface area contributed by atoms with Crippen molar-refractivity contribution in [2.75, 3.05) is 16.8 Å². The summed E-state index contributed by atoms with van der Waals surface area (Å²) in [5.41, 5.74) is 1.38. The van der Waals surface area contributed by atoms with Crippen molar-refractivity contribution in [2.24, 2.45) is 5.14 Å². The first kappa shape index (κ1) is 11.5. The number of hydrogen-bond donors (Lipinski definition) is 2. The van der Waals surface area contributed by atoms with Crippen LogP contribution < -0.4 is 15.4 Å². The lowest BCUT2D eigenvalue weighted by Crippen LogP contribution is -2.44. The number of nitrogens with two attached hydrogens (primary N) is 1. The van der Waals surface area contributed by atoms with E-state index in [-0.39, 0.29) is 16.8 Å². The molecule has 1 atom stereocenters. The van der Waals surface area contributed by atoms with Crippen molar-refractivity contribution >= 4 is 27.3 Å². The van der Waals surface area contributed by atoms with Crippen LogP contribution in [-0.4, -0.2) is 26.9 Å². The zero-order chi connectivity index (χ0) is 12.9. The molecule has 1 aromatic carbocycles. The van der Waals surface area contributed by atoms with Gasteiger partial charge in [0.1, 0.15) is 6.04 Å². The van der Waals surface area contributed by atoms with Crippen molar-refractivity contribution in [3.63, 3.8) is 0 Å². The summed E-state index contributed by atoms with van der Waals surface area (Å²) >= 11 is 0. The smallest absolute Gasteiger partial charge is 0.247 e. The lowest BCUT2D eigenvalue weighted by Gasteiger charge is -2.33. The summed E-state index contributed by atoms with van der Waals surface area (Å²) in [4.78, 5) is 13.8. The van der Waals surface area contributed by atoms with Crippen molar-refractivity contribution in [3.8, 4) is 0 Å². The van der Waals surface area contributed by atoms with Crippen molar-refractivity contribution in [1.82, 2.24) is 0 Å². The van der Waals surface area contributed by atoms with Crippen LogP contribution in [0.2, 0.25) is 0 Å². The fourth-order valence-electron chi connectivity index (χ4n) is 2.58. The minimum Gasteiger partial charge on any atom is -0.358 e. The second kappa shape index (κ2) is 3.69. The van der Waals surface area contributed by atoms with Crippen LogP contribution in [0.25, 0.3) is 0 Å². The van der Waals surface area contributed by atoms with Crippen LogP contribution in [0, 0.1) is 0 Å². The predicted molar refractivity (Wildman–Crippen MR) is 66.8 cm³/mol. The van der Waals surface area contributed by atoms with E-state index < -0.39 is 10.0 Å². The van der Waals surface area contributed by atoms with E-state index in [0.29, 0.717) is 5.69 Å². The molecule has 18 heavy (non-hydrogen) atoms. The largest absolute Gasteiger partial charge is 0.358 e. The Kier molecular flexibility index (Phi) is 2.36. The van der Waals surface area contributed by atoms with E-state index >= 15 is 0 Å². The molecule has 0 saturated carbocycles. The molecule has 1 aromatic rings. The normalized spacial score (nSPS) is 22.4. The molecule has 1 fully saturated rings. The van der Waals surface area contributed by atoms with Gasteiger partial charge in [-0.15, -0.1) is 0 Å². The van der Waals surface area contributed by atoms with Crippen molar-refractivity contribution in [2.45, 2.75) is 23.8 Å². The number of rotatable bonds is 1. The van der Waals surface area contributed by atoms with Gasteiger partial charge in [-0.2, -0.15) is 0 Å². The number of carbonyl (C=O) groups is 1. The molecule has 96 valence electrons. The van der Waals surface area contributed by atoms with Gasteiger partial charge in [-0.25, -0.2) is 13.6 Å². The first-order chi connectivity index (χ1) is 8.47. The standard InChI is InChI=1S/C11H13N3O3S/c12-18(16,17)7-3-4-8-10(6-7)14-5-1-2-9(14)11(15)13-8/h3-4,6,9H,1-2,5H2,(H,13,15)(H2,12,16,17). The molecule has 1 saturated heterocycles. The Morgan fingerprint density at radius 1 is 1.39 bits per heavy atom. The molecule has 0 radical (unpaired) electrons. The Labute approximate surface area is 105 Å². The summed E-state index contributed by atoms with van der Waals surface area (Å²) in [6.07, 6.45) is 1.72. The highest BCUT2D eigenvalue weighted by Crippen LogP contribution is 2.37. The monoisotopic (exact) mass is 267 g/mol. The topological polar surface area (TPSA) is 92.5 Å². The van der Waals surface area contributed by atoms with Crippen LogP contribution in [0.5, 0.6) is 0 Å². The maximum absolute atomic E-state index is 11.8. The highest BCUT2D eigenvalue weighted by Gasteiger charge is 2.36. The maximum atomic E-state index is 11.8. The summed E-state index contributed by atoms with van der Waals surface area (Å²) in [6.45, 7) is 0.763. The third-order valence-electron chi connectivity index (χ3n) is 3.42. The number of carbonyl (C=O) groups excluding carboxylic acids is 1. The van der Waals surface area contributed by atoms with Crippen molar-refractivity contribution in [1.29, 1.82) is 0 Å². The van der Waals surface area contributed by atoms with Gasteiger partial charge in [-0.1, -0.05) is 0 Å².